The van der Waals surface area contributed by atoms with E-state index in [-0.39, 0.29) is 36.4 Å². The predicted octanol–water partition coefficient (Wildman–Crippen LogP) is 2.44. The van der Waals surface area contributed by atoms with Gasteiger partial charge in [0.15, 0.2) is 9.84 Å². The van der Waals surface area contributed by atoms with Gasteiger partial charge in [0.2, 0.25) is 5.91 Å². The highest BCUT2D eigenvalue weighted by Crippen LogP contribution is 2.26. The zero-order valence-corrected chi connectivity index (χ0v) is 14.3. The van der Waals surface area contributed by atoms with Crippen LogP contribution in [0.3, 0.4) is 0 Å². The van der Waals surface area contributed by atoms with Crippen molar-refractivity contribution in [1.82, 2.24) is 0 Å². The molecule has 1 aliphatic heterocycles. The van der Waals surface area contributed by atoms with Crippen molar-refractivity contribution in [2.45, 2.75) is 26.7 Å². The van der Waals surface area contributed by atoms with Crippen LogP contribution in [0.15, 0.2) is 18.2 Å². The van der Waals surface area contributed by atoms with Gasteiger partial charge < -0.3 is 10.2 Å². The van der Waals surface area contributed by atoms with Crippen molar-refractivity contribution < 1.29 is 17.6 Å². The molecule has 0 radical (unpaired) electrons. The number of sulfone groups is 1. The van der Waals surface area contributed by atoms with Crippen molar-refractivity contribution in [3.8, 4) is 0 Å². The van der Waals surface area contributed by atoms with Crippen molar-refractivity contribution >= 4 is 27.1 Å². The van der Waals surface area contributed by atoms with E-state index in [0.29, 0.717) is 11.4 Å². The van der Waals surface area contributed by atoms with Crippen LogP contribution in [0.25, 0.3) is 0 Å². The summed E-state index contributed by atoms with van der Waals surface area (Å²) >= 11 is 0. The van der Waals surface area contributed by atoms with Gasteiger partial charge in [0, 0.05) is 24.7 Å². The molecule has 1 aromatic rings. The maximum atomic E-state index is 14.1. The molecule has 0 saturated carbocycles. The van der Waals surface area contributed by atoms with Gasteiger partial charge in [0.25, 0.3) is 0 Å². The summed E-state index contributed by atoms with van der Waals surface area (Å²) in [6.45, 7) is 4.45. The molecule has 0 atom stereocenters. The molecular weight excluding hydrogens is 319 g/mol. The Morgan fingerprint density at radius 3 is 2.43 bits per heavy atom. The number of carbonyl (C=O) groups excluding carboxylic acids is 1. The highest BCUT2D eigenvalue weighted by atomic mass is 32.2. The Labute approximate surface area is 136 Å². The van der Waals surface area contributed by atoms with Gasteiger partial charge in [-0.05, 0) is 31.0 Å². The van der Waals surface area contributed by atoms with E-state index >= 15 is 0 Å². The molecule has 1 amide bonds. The van der Waals surface area contributed by atoms with Gasteiger partial charge in [0.05, 0.1) is 17.2 Å². The van der Waals surface area contributed by atoms with Gasteiger partial charge in [-0.1, -0.05) is 13.8 Å². The van der Waals surface area contributed by atoms with Crippen molar-refractivity contribution in [2.75, 3.05) is 34.8 Å². The van der Waals surface area contributed by atoms with Crippen molar-refractivity contribution in [3.63, 3.8) is 0 Å². The summed E-state index contributed by atoms with van der Waals surface area (Å²) in [7, 11) is -3.02. The molecule has 1 heterocycles. The minimum atomic E-state index is -3.02. The third kappa shape index (κ3) is 4.43. The quantitative estimate of drug-likeness (QED) is 0.892. The number of hydrogen-bond acceptors (Lipinski definition) is 4. The van der Waals surface area contributed by atoms with E-state index in [2.05, 4.69) is 5.32 Å². The fraction of sp³-hybridized carbons (Fsp3) is 0.562. The average Bonchev–Trinajstić information content (AvgIpc) is 2.51. The third-order valence-corrected chi connectivity index (χ3v) is 5.86. The summed E-state index contributed by atoms with van der Waals surface area (Å²) in [4.78, 5) is 13.8. The summed E-state index contributed by atoms with van der Waals surface area (Å²) in [5.74, 6) is -0.504. The van der Waals surface area contributed by atoms with E-state index in [9.17, 15) is 17.6 Å². The average molecular weight is 342 g/mol. The van der Waals surface area contributed by atoms with Crippen LogP contribution < -0.4 is 10.2 Å². The fourth-order valence-electron chi connectivity index (χ4n) is 2.69. The van der Waals surface area contributed by atoms with E-state index < -0.39 is 15.7 Å². The van der Waals surface area contributed by atoms with Crippen molar-refractivity contribution in [3.05, 3.63) is 24.0 Å². The number of nitrogens with one attached hydrogen (secondary N) is 1. The van der Waals surface area contributed by atoms with Crippen LogP contribution in [-0.2, 0) is 14.6 Å². The van der Waals surface area contributed by atoms with E-state index in [1.807, 2.05) is 13.8 Å². The molecule has 1 fully saturated rings. The minimum Gasteiger partial charge on any atom is -0.367 e. The molecule has 5 nitrogen and oxygen atoms in total. The second-order valence-corrected chi connectivity index (χ2v) is 8.11. The number of hydrogen-bond donors (Lipinski definition) is 1. The zero-order chi connectivity index (χ0) is 17.0. The summed E-state index contributed by atoms with van der Waals surface area (Å²) in [5, 5.41) is 2.82. The Balaban J connectivity index is 2.15. The first-order chi connectivity index (χ1) is 10.9. The second kappa shape index (κ2) is 7.29. The molecule has 1 saturated heterocycles. The van der Waals surface area contributed by atoms with Crippen LogP contribution >= 0.6 is 0 Å². The van der Waals surface area contributed by atoms with Crippen LogP contribution in [0.2, 0.25) is 0 Å². The van der Waals surface area contributed by atoms with Gasteiger partial charge in [0.1, 0.15) is 5.82 Å². The molecule has 128 valence electrons. The number of nitrogens with zero attached hydrogens (tertiary/aromatic N) is 1. The van der Waals surface area contributed by atoms with E-state index in [1.54, 1.807) is 11.0 Å². The first kappa shape index (κ1) is 17.7. The standard InChI is InChI=1S/C16H23FN2O3S/c1-3-12(4-2)16(20)18-13-5-6-14(17)15(11-13)19-7-9-23(21,22)10-8-19/h5-6,11-12H,3-4,7-10H2,1-2H3,(H,18,20). The zero-order valence-electron chi connectivity index (χ0n) is 13.5. The van der Waals surface area contributed by atoms with Gasteiger partial charge in [-0.25, -0.2) is 12.8 Å². The topological polar surface area (TPSA) is 66.5 Å². The molecule has 0 aromatic heterocycles. The Hall–Kier alpha value is -1.63. The number of halogens is 1. The molecule has 1 aromatic carbocycles. The molecule has 0 bridgehead atoms. The number of carbonyl (C=O) groups is 1. The maximum absolute atomic E-state index is 14.1. The molecule has 0 unspecified atom stereocenters. The largest absolute Gasteiger partial charge is 0.367 e. The van der Waals surface area contributed by atoms with Gasteiger partial charge >= 0.3 is 0 Å². The number of rotatable bonds is 5. The molecule has 1 aliphatic rings. The molecule has 0 aliphatic carbocycles. The van der Waals surface area contributed by atoms with E-state index in [0.717, 1.165) is 12.8 Å². The first-order valence-corrected chi connectivity index (χ1v) is 9.74. The van der Waals surface area contributed by atoms with Crippen molar-refractivity contribution in [2.24, 2.45) is 5.92 Å². The maximum Gasteiger partial charge on any atom is 0.227 e. The van der Waals surface area contributed by atoms with Crippen LogP contribution in [0, 0.1) is 11.7 Å². The SMILES string of the molecule is CCC(CC)C(=O)Nc1ccc(F)c(N2CCS(=O)(=O)CC2)c1. The lowest BCUT2D eigenvalue weighted by Crippen LogP contribution is -2.40. The van der Waals surface area contributed by atoms with Gasteiger partial charge in [-0.3, -0.25) is 4.79 Å². The molecular formula is C16H23FN2O3S. The van der Waals surface area contributed by atoms with E-state index in [4.69, 9.17) is 0 Å². The van der Waals surface area contributed by atoms with Gasteiger partial charge in [-0.2, -0.15) is 0 Å². The van der Waals surface area contributed by atoms with Crippen LogP contribution in [0.5, 0.6) is 0 Å². The predicted molar refractivity (Wildman–Crippen MR) is 90.0 cm³/mol. The van der Waals surface area contributed by atoms with Crippen molar-refractivity contribution in [1.29, 1.82) is 0 Å². The van der Waals surface area contributed by atoms with Crippen LogP contribution in [0.4, 0.5) is 15.8 Å². The normalized spacial score (nSPS) is 17.3. The lowest BCUT2D eigenvalue weighted by Gasteiger charge is -2.29. The fourth-order valence-corrected chi connectivity index (χ4v) is 3.89. The third-order valence-electron chi connectivity index (χ3n) is 4.26. The number of anilines is 2. The summed E-state index contributed by atoms with van der Waals surface area (Å²) in [5.41, 5.74) is 0.869. The second-order valence-electron chi connectivity index (χ2n) is 5.81. The monoisotopic (exact) mass is 342 g/mol. The minimum absolute atomic E-state index is 0.0246. The highest BCUT2D eigenvalue weighted by Gasteiger charge is 2.24. The molecule has 23 heavy (non-hydrogen) atoms. The molecule has 2 rings (SSSR count). The van der Waals surface area contributed by atoms with Crippen LogP contribution in [0.1, 0.15) is 26.7 Å². The van der Waals surface area contributed by atoms with Crippen LogP contribution in [-0.4, -0.2) is 38.9 Å². The molecule has 0 spiro atoms. The van der Waals surface area contributed by atoms with E-state index in [1.165, 1.54) is 12.1 Å². The lowest BCUT2D eigenvalue weighted by atomic mass is 10.0. The summed E-state index contributed by atoms with van der Waals surface area (Å²) in [6.07, 6.45) is 1.50. The molecule has 7 heteroatoms. The Morgan fingerprint density at radius 1 is 1.26 bits per heavy atom. The lowest BCUT2D eigenvalue weighted by molar-refractivity contribution is -0.120. The van der Waals surface area contributed by atoms with Gasteiger partial charge in [-0.15, -0.1) is 0 Å². The number of amides is 1. The Morgan fingerprint density at radius 2 is 1.87 bits per heavy atom. The smallest absolute Gasteiger partial charge is 0.227 e. The highest BCUT2D eigenvalue weighted by molar-refractivity contribution is 7.91. The first-order valence-electron chi connectivity index (χ1n) is 7.92. The number of benzene rings is 1. The summed E-state index contributed by atoms with van der Waals surface area (Å²) < 4.78 is 37.0. The molecule has 1 N–H and O–H groups in total. The Kier molecular flexibility index (Phi) is 5.62. The summed E-state index contributed by atoms with van der Waals surface area (Å²) in [6, 6.07) is 4.41. The Bertz CT molecular complexity index is 658.